The Labute approximate surface area is 328 Å². The number of β-lactam (4-membered cyclic amide) rings is 1. The monoisotopic (exact) mass is 802 g/mol. The number of aliphatic carboxylic acids is 2. The maximum atomic E-state index is 14.9. The first kappa shape index (κ1) is 38.6. The second-order valence-corrected chi connectivity index (χ2v) is 18.3. The Morgan fingerprint density at radius 1 is 0.768 bits per heavy atom. The summed E-state index contributed by atoms with van der Waals surface area (Å²) in [6, 6.07) is 11.9. The fraction of sp³-hybridized carbons (Fsp3) is 0.368. The van der Waals surface area contributed by atoms with Crippen molar-refractivity contribution in [2.45, 2.75) is 86.0 Å². The van der Waals surface area contributed by atoms with Crippen LogP contribution in [0.4, 0.5) is 0 Å². The van der Waals surface area contributed by atoms with E-state index < -0.39 is 80.0 Å². The van der Waals surface area contributed by atoms with E-state index in [9.17, 15) is 39.0 Å². The molecule has 4 amide bonds. The van der Waals surface area contributed by atoms with Crippen LogP contribution < -0.4 is 10.6 Å². The topological polar surface area (TPSA) is 225 Å². The van der Waals surface area contributed by atoms with Crippen LogP contribution in [0.25, 0.3) is 22.5 Å². The fourth-order valence-electron chi connectivity index (χ4n) is 7.65. The number of aromatic nitrogens is 2. The predicted octanol–water partition coefficient (Wildman–Crippen LogP) is 3.79. The van der Waals surface area contributed by atoms with Crippen molar-refractivity contribution in [3.05, 3.63) is 83.3 Å². The van der Waals surface area contributed by atoms with Crippen LogP contribution >= 0.6 is 23.5 Å². The lowest BCUT2D eigenvalue weighted by atomic mass is 9.92. The van der Waals surface area contributed by atoms with Crippen LogP contribution in [0.1, 0.15) is 59.9 Å². The summed E-state index contributed by atoms with van der Waals surface area (Å²) in [5.41, 5.74) is 1.77. The molecular formula is C38H38N6O10S2. The standard InChI is InChI=1S/C38H38N6O10S2/c1-17-21(23(41-53-17)19-13-9-7-10-14-19)29(45)39-25-31(47)43-27(37(3,4)55-33(25)43)32(48)44-28(36(51)52)38(5,6)56-34(44)26(35(49)50)40-30(46)22-18(2)54-42-24(22)20-15-11-8-12-16-20/h7-16,25-28,33-34H,1-6H3,(H,39,45)(H,40,46)(H,49,50)(H,51,52)/t25-,26?,27+,28+,33-,34-/m1/s1. The molecule has 3 saturated heterocycles. The van der Waals surface area contributed by atoms with Crippen molar-refractivity contribution in [2.75, 3.05) is 0 Å². The molecule has 0 saturated carbocycles. The van der Waals surface area contributed by atoms with Gasteiger partial charge in [-0.1, -0.05) is 71.0 Å². The van der Waals surface area contributed by atoms with E-state index in [4.69, 9.17) is 9.05 Å². The average molecular weight is 803 g/mol. The fourth-order valence-corrected chi connectivity index (χ4v) is 10.9. The number of amides is 4. The molecular weight excluding hydrogens is 765 g/mol. The van der Waals surface area contributed by atoms with Gasteiger partial charge in [-0.05, 0) is 41.5 Å². The molecule has 16 nitrogen and oxygen atoms in total. The van der Waals surface area contributed by atoms with E-state index in [0.717, 1.165) is 16.7 Å². The van der Waals surface area contributed by atoms with E-state index in [-0.39, 0.29) is 28.3 Å². The molecule has 3 aliphatic heterocycles. The molecule has 18 heteroatoms. The highest BCUT2D eigenvalue weighted by Crippen LogP contribution is 2.54. The molecule has 56 heavy (non-hydrogen) atoms. The third-order valence-electron chi connectivity index (χ3n) is 10.2. The smallest absolute Gasteiger partial charge is 0.329 e. The summed E-state index contributed by atoms with van der Waals surface area (Å²) in [7, 11) is 0. The van der Waals surface area contributed by atoms with Crippen molar-refractivity contribution in [3.63, 3.8) is 0 Å². The molecule has 5 heterocycles. The van der Waals surface area contributed by atoms with Gasteiger partial charge in [0.1, 0.15) is 62.9 Å². The second kappa shape index (κ2) is 14.1. The highest BCUT2D eigenvalue weighted by Gasteiger charge is 2.67. The van der Waals surface area contributed by atoms with E-state index in [1.165, 1.54) is 23.6 Å². The minimum atomic E-state index is -1.81. The van der Waals surface area contributed by atoms with Crippen LogP contribution in [0.2, 0.25) is 0 Å². The van der Waals surface area contributed by atoms with Crippen LogP contribution in [0.3, 0.4) is 0 Å². The van der Waals surface area contributed by atoms with Crippen LogP contribution in [0.15, 0.2) is 69.7 Å². The van der Waals surface area contributed by atoms with Crippen molar-refractivity contribution in [3.8, 4) is 22.5 Å². The first-order chi connectivity index (χ1) is 26.4. The van der Waals surface area contributed by atoms with E-state index in [1.54, 1.807) is 89.2 Å². The molecule has 1 unspecified atom stereocenters. The van der Waals surface area contributed by atoms with E-state index >= 15 is 0 Å². The maximum absolute atomic E-state index is 14.9. The summed E-state index contributed by atoms with van der Waals surface area (Å²) in [4.78, 5) is 84.7. The van der Waals surface area contributed by atoms with Gasteiger partial charge in [0, 0.05) is 20.6 Å². The summed E-state index contributed by atoms with van der Waals surface area (Å²) in [6.45, 7) is 9.67. The molecule has 0 aliphatic carbocycles. The minimum absolute atomic E-state index is 0.0231. The second-order valence-electron chi connectivity index (χ2n) is 14.8. The van der Waals surface area contributed by atoms with Crippen molar-refractivity contribution in [1.82, 2.24) is 30.7 Å². The van der Waals surface area contributed by atoms with Crippen LogP contribution in [0, 0.1) is 13.8 Å². The molecule has 3 fully saturated rings. The van der Waals surface area contributed by atoms with E-state index in [2.05, 4.69) is 20.9 Å². The highest BCUT2D eigenvalue weighted by atomic mass is 32.2. The zero-order valence-electron chi connectivity index (χ0n) is 31.0. The normalized spacial score (nSPS) is 23.9. The Morgan fingerprint density at radius 3 is 1.77 bits per heavy atom. The van der Waals surface area contributed by atoms with Gasteiger partial charge in [0.05, 0.1) is 0 Å². The third-order valence-corrected chi connectivity index (χ3v) is 13.3. The number of carboxylic acid groups (broad SMARTS) is 2. The lowest BCUT2D eigenvalue weighted by Crippen LogP contribution is -2.72. The molecule has 0 radical (unpaired) electrons. The summed E-state index contributed by atoms with van der Waals surface area (Å²) >= 11 is 2.17. The molecule has 7 rings (SSSR count). The minimum Gasteiger partial charge on any atom is -0.480 e. The first-order valence-electron chi connectivity index (χ1n) is 17.5. The van der Waals surface area contributed by atoms with Gasteiger partial charge in [0.15, 0.2) is 6.04 Å². The number of carboxylic acids is 2. The predicted molar refractivity (Wildman–Crippen MR) is 203 cm³/mol. The van der Waals surface area contributed by atoms with E-state index in [0.29, 0.717) is 16.8 Å². The SMILES string of the molecule is Cc1onc(-c2ccccc2)c1C(=O)NC(C(=O)O)[C@H]1SC(C)(C)[C@H](C(=O)O)N1C(=O)[C@@H]1N2C(=O)[C@@H](NC(=O)c3c(-c4ccccc4)noc3C)[C@H]2SC1(C)C. The Hall–Kier alpha value is -5.62. The van der Waals surface area contributed by atoms with Crippen LogP contribution in [0.5, 0.6) is 0 Å². The Balaban J connectivity index is 1.17. The van der Waals surface area contributed by atoms with Crippen molar-refractivity contribution < 1.29 is 48.0 Å². The zero-order chi connectivity index (χ0) is 40.4. The number of hydrogen-bond acceptors (Lipinski definition) is 12. The van der Waals surface area contributed by atoms with Crippen molar-refractivity contribution in [2.24, 2.45) is 0 Å². The molecule has 6 atom stereocenters. The number of nitrogens with one attached hydrogen (secondary N) is 2. The number of nitrogens with zero attached hydrogens (tertiary/aromatic N) is 4. The van der Waals surface area contributed by atoms with Gasteiger partial charge < -0.3 is 39.7 Å². The first-order valence-corrected chi connectivity index (χ1v) is 19.3. The third kappa shape index (κ3) is 6.39. The molecule has 2 aromatic heterocycles. The van der Waals surface area contributed by atoms with Gasteiger partial charge in [-0.15, -0.1) is 23.5 Å². The summed E-state index contributed by atoms with van der Waals surface area (Å²) < 4.78 is 8.38. The summed E-state index contributed by atoms with van der Waals surface area (Å²) in [6.07, 6.45) is 0. The number of thioether (sulfide) groups is 2. The molecule has 3 aliphatic rings. The summed E-state index contributed by atoms with van der Waals surface area (Å²) in [5.74, 6) is -5.41. The quantitative estimate of drug-likeness (QED) is 0.168. The highest BCUT2D eigenvalue weighted by molar-refractivity contribution is 8.02. The Kier molecular flexibility index (Phi) is 9.76. The number of fused-ring (bicyclic) bond motifs is 1. The van der Waals surface area contributed by atoms with Gasteiger partial charge in [-0.25, -0.2) is 9.59 Å². The largest absolute Gasteiger partial charge is 0.480 e. The zero-order valence-corrected chi connectivity index (χ0v) is 32.6. The van der Waals surface area contributed by atoms with Gasteiger partial charge in [-0.3, -0.25) is 19.2 Å². The molecule has 0 bridgehead atoms. The molecule has 2 aromatic carbocycles. The van der Waals surface area contributed by atoms with Gasteiger partial charge >= 0.3 is 11.9 Å². The molecule has 4 aromatic rings. The van der Waals surface area contributed by atoms with Crippen molar-refractivity contribution >= 4 is 59.1 Å². The summed E-state index contributed by atoms with van der Waals surface area (Å²) in [5, 5.41) is 32.3. The average Bonchev–Trinajstić information content (AvgIpc) is 3.88. The number of carbonyl (C=O) groups excluding carboxylic acids is 4. The van der Waals surface area contributed by atoms with Crippen molar-refractivity contribution in [1.29, 1.82) is 0 Å². The molecule has 4 N–H and O–H groups in total. The number of rotatable bonds is 10. The van der Waals surface area contributed by atoms with Crippen LogP contribution in [-0.4, -0.2) is 110 Å². The lowest BCUT2D eigenvalue weighted by Gasteiger charge is -2.46. The van der Waals surface area contributed by atoms with Crippen LogP contribution in [-0.2, 0) is 19.2 Å². The number of hydrogen-bond donors (Lipinski definition) is 4. The molecule has 0 spiro atoms. The molecule has 292 valence electrons. The number of aryl methyl sites for hydroxylation is 2. The van der Waals surface area contributed by atoms with Gasteiger partial charge in [-0.2, -0.15) is 0 Å². The van der Waals surface area contributed by atoms with Gasteiger partial charge in [0.25, 0.3) is 11.8 Å². The lowest BCUT2D eigenvalue weighted by molar-refractivity contribution is -0.162. The number of benzene rings is 2. The van der Waals surface area contributed by atoms with Gasteiger partial charge in [0.2, 0.25) is 11.8 Å². The maximum Gasteiger partial charge on any atom is 0.329 e. The Bertz CT molecular complexity index is 2260. The number of carbonyl (C=O) groups is 6. The van der Waals surface area contributed by atoms with E-state index in [1.807, 2.05) is 6.07 Å². The Morgan fingerprint density at radius 2 is 1.27 bits per heavy atom.